The number of rotatable bonds is 3. The van der Waals surface area contributed by atoms with Gasteiger partial charge in [-0.3, -0.25) is 4.79 Å². The molecular weight excluding hydrogens is 404 g/mol. The molecule has 2 heterocycles. The summed E-state index contributed by atoms with van der Waals surface area (Å²) in [5, 5.41) is 12.5. The van der Waals surface area contributed by atoms with Crippen molar-refractivity contribution in [2.24, 2.45) is 0 Å². The van der Waals surface area contributed by atoms with Gasteiger partial charge in [-0.1, -0.05) is 0 Å². The standard InChI is InChI=1S/C20H17F2N3O3.ClH/c21-12-1-3-13(4-2-12)25-11-15(20(27)28)19(26)14-9-16(22)18(10-17(14)25)24-7-5-23-6-8-24;/h1-4,9-11,23H,5-8H2,(H,27,28);1H/p-1. The van der Waals surface area contributed by atoms with E-state index in [0.717, 1.165) is 6.07 Å². The lowest BCUT2D eigenvalue weighted by molar-refractivity contribution is -0.0000223. The van der Waals surface area contributed by atoms with E-state index >= 15 is 0 Å². The number of pyridine rings is 1. The summed E-state index contributed by atoms with van der Waals surface area (Å²) in [6.07, 6.45) is 1.19. The number of nitrogens with zero attached hydrogens (tertiary/aromatic N) is 2. The van der Waals surface area contributed by atoms with Gasteiger partial charge in [0.1, 0.15) is 17.2 Å². The molecule has 1 aliphatic heterocycles. The van der Waals surface area contributed by atoms with Crippen LogP contribution in [0.4, 0.5) is 14.5 Å². The number of carboxylic acids is 1. The van der Waals surface area contributed by atoms with E-state index < -0.39 is 28.6 Å². The van der Waals surface area contributed by atoms with Crippen molar-refractivity contribution < 1.29 is 31.1 Å². The molecule has 29 heavy (non-hydrogen) atoms. The third kappa shape index (κ3) is 3.81. The fourth-order valence-electron chi connectivity index (χ4n) is 3.45. The van der Waals surface area contributed by atoms with Gasteiger partial charge in [-0.15, -0.1) is 0 Å². The van der Waals surface area contributed by atoms with E-state index in [1.807, 2.05) is 4.90 Å². The second-order valence-electron chi connectivity index (χ2n) is 6.58. The quantitative estimate of drug-likeness (QED) is 0.591. The van der Waals surface area contributed by atoms with Crippen LogP contribution in [-0.2, 0) is 0 Å². The Labute approximate surface area is 170 Å². The Morgan fingerprint density at radius 1 is 1.07 bits per heavy atom. The number of nitrogens with one attached hydrogen (secondary N) is 1. The number of hydrogen-bond acceptors (Lipinski definition) is 4. The molecule has 1 fully saturated rings. The zero-order valence-corrected chi connectivity index (χ0v) is 15.9. The zero-order valence-electron chi connectivity index (χ0n) is 15.2. The first-order valence-electron chi connectivity index (χ1n) is 8.79. The van der Waals surface area contributed by atoms with Gasteiger partial charge in [0.15, 0.2) is 0 Å². The Balaban J connectivity index is 0.00000240. The molecule has 1 aromatic heterocycles. The lowest BCUT2D eigenvalue weighted by Gasteiger charge is -2.30. The molecule has 0 radical (unpaired) electrons. The normalized spacial score (nSPS) is 13.9. The van der Waals surface area contributed by atoms with Gasteiger partial charge in [0, 0.05) is 43.4 Å². The third-order valence-electron chi connectivity index (χ3n) is 4.87. The van der Waals surface area contributed by atoms with Gasteiger partial charge in [0.2, 0.25) is 5.43 Å². The number of aromatic carboxylic acids is 1. The molecule has 4 rings (SSSR count). The lowest BCUT2D eigenvalue weighted by atomic mass is 10.1. The highest BCUT2D eigenvalue weighted by Crippen LogP contribution is 2.27. The number of piperazine rings is 1. The summed E-state index contributed by atoms with van der Waals surface area (Å²) in [6, 6.07) is 8.05. The number of fused-ring (bicyclic) bond motifs is 1. The summed E-state index contributed by atoms with van der Waals surface area (Å²) in [5.41, 5.74) is -0.0755. The number of aromatic nitrogens is 1. The first-order chi connectivity index (χ1) is 13.5. The monoisotopic (exact) mass is 420 g/mol. The van der Waals surface area contributed by atoms with E-state index in [4.69, 9.17) is 0 Å². The molecule has 6 nitrogen and oxygen atoms in total. The van der Waals surface area contributed by atoms with Crippen LogP contribution in [0.15, 0.2) is 47.4 Å². The highest BCUT2D eigenvalue weighted by atomic mass is 35.5. The smallest absolute Gasteiger partial charge is 0.341 e. The van der Waals surface area contributed by atoms with Crippen LogP contribution in [0.25, 0.3) is 16.6 Å². The van der Waals surface area contributed by atoms with Crippen LogP contribution in [0.2, 0.25) is 0 Å². The maximum atomic E-state index is 14.8. The minimum atomic E-state index is -1.41. The van der Waals surface area contributed by atoms with Crippen LogP contribution in [0.3, 0.4) is 0 Å². The molecular formula is C20H17ClF2N3O3-. The van der Waals surface area contributed by atoms with Crippen LogP contribution in [-0.4, -0.2) is 41.8 Å². The van der Waals surface area contributed by atoms with Crippen LogP contribution < -0.4 is 28.1 Å². The molecule has 1 saturated heterocycles. The molecule has 0 spiro atoms. The van der Waals surface area contributed by atoms with Crippen molar-refractivity contribution in [1.82, 2.24) is 9.88 Å². The third-order valence-corrected chi connectivity index (χ3v) is 4.87. The lowest BCUT2D eigenvalue weighted by Crippen LogP contribution is -3.00. The number of benzene rings is 2. The van der Waals surface area contributed by atoms with E-state index in [2.05, 4.69) is 5.32 Å². The van der Waals surface area contributed by atoms with E-state index in [0.29, 0.717) is 43.1 Å². The predicted octanol–water partition coefficient (Wildman–Crippen LogP) is -0.619. The summed E-state index contributed by atoms with van der Waals surface area (Å²) in [5.74, 6) is -2.44. The number of carboxylic acid groups (broad SMARTS) is 1. The second kappa shape index (κ2) is 8.18. The Kier molecular flexibility index (Phi) is 5.86. The Morgan fingerprint density at radius 2 is 1.72 bits per heavy atom. The van der Waals surface area contributed by atoms with Crippen molar-refractivity contribution in [2.45, 2.75) is 0 Å². The SMILES string of the molecule is O=C(O)c1cn(-c2ccc(F)cc2)c2cc(N3CCNCC3)c(F)cc2c1=O.[Cl-]. The summed E-state index contributed by atoms with van der Waals surface area (Å²) in [4.78, 5) is 26.0. The van der Waals surface area contributed by atoms with Gasteiger partial charge in [-0.2, -0.15) is 0 Å². The molecule has 152 valence electrons. The number of hydrogen-bond donors (Lipinski definition) is 2. The van der Waals surface area contributed by atoms with Crippen molar-refractivity contribution >= 4 is 22.6 Å². The molecule has 0 unspecified atom stereocenters. The summed E-state index contributed by atoms with van der Waals surface area (Å²) in [7, 11) is 0. The molecule has 9 heteroatoms. The van der Waals surface area contributed by atoms with E-state index in [1.54, 1.807) is 6.07 Å². The van der Waals surface area contributed by atoms with Crippen molar-refractivity contribution in [1.29, 1.82) is 0 Å². The van der Waals surface area contributed by atoms with Gasteiger partial charge in [0.25, 0.3) is 0 Å². The van der Waals surface area contributed by atoms with Gasteiger partial charge in [-0.25, -0.2) is 13.6 Å². The van der Waals surface area contributed by atoms with Crippen LogP contribution in [0.1, 0.15) is 10.4 Å². The van der Waals surface area contributed by atoms with E-state index in [1.165, 1.54) is 35.0 Å². The van der Waals surface area contributed by atoms with Crippen molar-refractivity contribution in [2.75, 3.05) is 31.1 Å². The van der Waals surface area contributed by atoms with Crippen molar-refractivity contribution in [3.05, 3.63) is 70.0 Å². The van der Waals surface area contributed by atoms with Crippen LogP contribution in [0.5, 0.6) is 0 Å². The molecule has 0 saturated carbocycles. The van der Waals surface area contributed by atoms with Crippen LogP contribution in [0, 0.1) is 11.6 Å². The topological polar surface area (TPSA) is 74.6 Å². The molecule has 1 aliphatic rings. The second-order valence-corrected chi connectivity index (χ2v) is 6.58. The molecule has 2 N–H and O–H groups in total. The van der Waals surface area contributed by atoms with Gasteiger partial charge in [-0.05, 0) is 36.4 Å². The minimum Gasteiger partial charge on any atom is -1.00 e. The minimum absolute atomic E-state index is 0. The highest BCUT2D eigenvalue weighted by molar-refractivity contribution is 5.94. The zero-order chi connectivity index (χ0) is 19.8. The molecule has 0 bridgehead atoms. The summed E-state index contributed by atoms with van der Waals surface area (Å²) in [6.45, 7) is 2.63. The fourth-order valence-corrected chi connectivity index (χ4v) is 3.45. The number of anilines is 1. The highest BCUT2D eigenvalue weighted by Gasteiger charge is 2.20. The van der Waals surface area contributed by atoms with Gasteiger partial charge in [0.05, 0.1) is 11.2 Å². The van der Waals surface area contributed by atoms with E-state index in [9.17, 15) is 23.5 Å². The Hall–Kier alpha value is -2.97. The molecule has 0 amide bonds. The Bertz CT molecular complexity index is 1130. The Morgan fingerprint density at radius 3 is 2.34 bits per heavy atom. The van der Waals surface area contributed by atoms with Crippen molar-refractivity contribution in [3.8, 4) is 5.69 Å². The van der Waals surface area contributed by atoms with E-state index in [-0.39, 0.29) is 17.8 Å². The number of carbonyl (C=O) groups is 1. The van der Waals surface area contributed by atoms with Crippen molar-refractivity contribution in [3.63, 3.8) is 0 Å². The predicted molar refractivity (Wildman–Crippen MR) is 102 cm³/mol. The summed E-state index contributed by atoms with van der Waals surface area (Å²) < 4.78 is 29.6. The molecule has 0 aliphatic carbocycles. The first kappa shape index (κ1) is 20.8. The van der Waals surface area contributed by atoms with Gasteiger partial charge >= 0.3 is 5.97 Å². The molecule has 3 aromatic rings. The molecule has 0 atom stereocenters. The first-order valence-corrected chi connectivity index (χ1v) is 8.79. The fraction of sp³-hybridized carbons (Fsp3) is 0.200. The largest absolute Gasteiger partial charge is 1.00 e. The van der Waals surface area contributed by atoms with Crippen LogP contribution >= 0.6 is 0 Å². The maximum absolute atomic E-state index is 14.8. The molecule has 2 aromatic carbocycles. The number of halogens is 3. The summed E-state index contributed by atoms with van der Waals surface area (Å²) >= 11 is 0. The maximum Gasteiger partial charge on any atom is 0.341 e. The average Bonchev–Trinajstić information content (AvgIpc) is 2.69. The van der Waals surface area contributed by atoms with Gasteiger partial charge < -0.3 is 32.3 Å². The average molecular weight is 421 g/mol.